The maximum Gasteiger partial charge on any atom is 0.416 e. The number of amides is 1. The number of carbonyl (C=O) groups excluding carboxylic acids is 1. The summed E-state index contributed by atoms with van der Waals surface area (Å²) in [5.74, 6) is -0.281. The van der Waals surface area contributed by atoms with Crippen LogP contribution in [0.15, 0.2) is 36.9 Å². The van der Waals surface area contributed by atoms with Crippen LogP contribution in [-0.4, -0.2) is 19.0 Å². The molecule has 0 heterocycles. The van der Waals surface area contributed by atoms with E-state index in [9.17, 15) is 18.0 Å². The normalized spacial score (nSPS) is 12.8. The first-order valence-corrected chi connectivity index (χ1v) is 6.12. The van der Waals surface area contributed by atoms with Gasteiger partial charge in [-0.2, -0.15) is 13.2 Å². The van der Waals surface area contributed by atoms with Crippen LogP contribution in [0, 0.1) is 0 Å². The van der Waals surface area contributed by atoms with Crippen molar-refractivity contribution in [3.05, 3.63) is 48.0 Å². The summed E-state index contributed by atoms with van der Waals surface area (Å²) in [6, 6.07) is 4.44. The van der Waals surface area contributed by atoms with Crippen molar-refractivity contribution < 1.29 is 18.0 Å². The Morgan fingerprint density at radius 3 is 2.75 bits per heavy atom. The number of nitrogens with one attached hydrogen (secondary N) is 2. The number of hydrogen-bond donors (Lipinski definition) is 2. The van der Waals surface area contributed by atoms with E-state index in [1.807, 2.05) is 0 Å². The first-order valence-electron chi connectivity index (χ1n) is 6.12. The van der Waals surface area contributed by atoms with Gasteiger partial charge in [-0.15, -0.1) is 6.58 Å². The molecule has 0 saturated carbocycles. The molecule has 1 amide bonds. The zero-order valence-electron chi connectivity index (χ0n) is 11.1. The Hall–Kier alpha value is -1.82. The smallest absolute Gasteiger partial charge is 0.348 e. The monoisotopic (exact) mass is 286 g/mol. The van der Waals surface area contributed by atoms with E-state index in [2.05, 4.69) is 17.2 Å². The molecule has 1 aromatic carbocycles. The Morgan fingerprint density at radius 1 is 1.45 bits per heavy atom. The van der Waals surface area contributed by atoms with Crippen molar-refractivity contribution in [3.63, 3.8) is 0 Å². The number of halogens is 3. The van der Waals surface area contributed by atoms with E-state index >= 15 is 0 Å². The summed E-state index contributed by atoms with van der Waals surface area (Å²) in [6.45, 7) is 5.72. The SMILES string of the molecule is C=CCNCC(=O)NC(C)c1cccc(C(F)(F)F)c1. The summed E-state index contributed by atoms with van der Waals surface area (Å²) < 4.78 is 37.8. The zero-order valence-corrected chi connectivity index (χ0v) is 11.1. The number of carbonyl (C=O) groups is 1. The van der Waals surface area contributed by atoms with Crippen LogP contribution in [0.5, 0.6) is 0 Å². The van der Waals surface area contributed by atoms with E-state index in [0.717, 1.165) is 12.1 Å². The molecule has 20 heavy (non-hydrogen) atoms. The number of hydrogen-bond acceptors (Lipinski definition) is 2. The second-order valence-corrected chi connectivity index (χ2v) is 4.33. The summed E-state index contributed by atoms with van der Waals surface area (Å²) in [6.07, 6.45) is -2.77. The first kappa shape index (κ1) is 16.2. The topological polar surface area (TPSA) is 41.1 Å². The van der Waals surface area contributed by atoms with Crippen molar-refractivity contribution in [2.45, 2.75) is 19.1 Å². The molecule has 0 spiro atoms. The summed E-state index contributed by atoms with van der Waals surface area (Å²) in [5.41, 5.74) is -0.308. The van der Waals surface area contributed by atoms with Gasteiger partial charge in [0.15, 0.2) is 0 Å². The molecule has 0 bridgehead atoms. The molecule has 1 rings (SSSR count). The number of rotatable bonds is 6. The van der Waals surface area contributed by atoms with Gasteiger partial charge in [0.2, 0.25) is 5.91 Å². The Bertz CT molecular complexity index is 472. The van der Waals surface area contributed by atoms with Crippen molar-refractivity contribution in [2.75, 3.05) is 13.1 Å². The standard InChI is InChI=1S/C14H17F3N2O/c1-3-7-18-9-13(20)19-10(2)11-5-4-6-12(8-11)14(15,16)17/h3-6,8,10,18H,1,7,9H2,2H3,(H,19,20). The molecule has 2 N–H and O–H groups in total. The van der Waals surface area contributed by atoms with Gasteiger partial charge in [0.25, 0.3) is 0 Å². The third-order valence-corrected chi connectivity index (χ3v) is 2.67. The first-order chi connectivity index (χ1) is 9.34. The van der Waals surface area contributed by atoms with E-state index in [-0.39, 0.29) is 12.5 Å². The van der Waals surface area contributed by atoms with E-state index in [1.54, 1.807) is 19.1 Å². The highest BCUT2D eigenvalue weighted by Crippen LogP contribution is 2.30. The predicted molar refractivity (Wildman–Crippen MR) is 71.1 cm³/mol. The van der Waals surface area contributed by atoms with Crippen LogP contribution in [0.4, 0.5) is 13.2 Å². The number of alkyl halides is 3. The molecule has 3 nitrogen and oxygen atoms in total. The lowest BCUT2D eigenvalue weighted by atomic mass is 10.0. The van der Waals surface area contributed by atoms with Crippen LogP contribution >= 0.6 is 0 Å². The highest BCUT2D eigenvalue weighted by Gasteiger charge is 2.30. The molecule has 0 radical (unpaired) electrons. The molecule has 0 saturated heterocycles. The molecule has 0 fully saturated rings. The van der Waals surface area contributed by atoms with Gasteiger partial charge >= 0.3 is 6.18 Å². The molecule has 6 heteroatoms. The van der Waals surface area contributed by atoms with Gasteiger partial charge in [-0.25, -0.2) is 0 Å². The average molecular weight is 286 g/mol. The minimum Gasteiger partial charge on any atom is -0.348 e. The van der Waals surface area contributed by atoms with Crippen LogP contribution in [0.2, 0.25) is 0 Å². The molecule has 110 valence electrons. The molecular formula is C14H17F3N2O. The highest BCUT2D eigenvalue weighted by molar-refractivity contribution is 5.78. The van der Waals surface area contributed by atoms with Crippen molar-refractivity contribution >= 4 is 5.91 Å². The van der Waals surface area contributed by atoms with Gasteiger partial charge in [0, 0.05) is 6.54 Å². The largest absolute Gasteiger partial charge is 0.416 e. The van der Waals surface area contributed by atoms with Crippen molar-refractivity contribution in [1.82, 2.24) is 10.6 Å². The van der Waals surface area contributed by atoms with Crippen LogP contribution in [0.3, 0.4) is 0 Å². The van der Waals surface area contributed by atoms with Crippen molar-refractivity contribution in [3.8, 4) is 0 Å². The maximum absolute atomic E-state index is 12.6. The molecule has 1 atom stereocenters. The fourth-order valence-electron chi connectivity index (χ4n) is 1.65. The molecule has 1 aromatic rings. The highest BCUT2D eigenvalue weighted by atomic mass is 19.4. The lowest BCUT2D eigenvalue weighted by molar-refractivity contribution is -0.137. The van der Waals surface area contributed by atoms with Gasteiger partial charge in [0.05, 0.1) is 18.2 Å². The lowest BCUT2D eigenvalue weighted by Crippen LogP contribution is -2.35. The second kappa shape index (κ2) is 7.09. The second-order valence-electron chi connectivity index (χ2n) is 4.33. The van der Waals surface area contributed by atoms with Crippen LogP contribution < -0.4 is 10.6 Å². The minimum absolute atomic E-state index is 0.0926. The predicted octanol–water partition coefficient (Wildman–Crippen LogP) is 2.66. The molecular weight excluding hydrogens is 269 g/mol. The van der Waals surface area contributed by atoms with Gasteiger partial charge < -0.3 is 10.6 Å². The third kappa shape index (κ3) is 5.05. The molecule has 0 aromatic heterocycles. The van der Waals surface area contributed by atoms with E-state index < -0.39 is 17.8 Å². The Kier molecular flexibility index (Phi) is 5.76. The summed E-state index contributed by atoms with van der Waals surface area (Å²) >= 11 is 0. The lowest BCUT2D eigenvalue weighted by Gasteiger charge is -2.16. The Morgan fingerprint density at radius 2 is 2.15 bits per heavy atom. The van der Waals surface area contributed by atoms with Crippen molar-refractivity contribution in [1.29, 1.82) is 0 Å². The molecule has 1 unspecified atom stereocenters. The van der Waals surface area contributed by atoms with Crippen LogP contribution in [-0.2, 0) is 11.0 Å². The fourth-order valence-corrected chi connectivity index (χ4v) is 1.65. The van der Waals surface area contributed by atoms with Crippen LogP contribution in [0.1, 0.15) is 24.1 Å². The van der Waals surface area contributed by atoms with E-state index in [4.69, 9.17) is 0 Å². The maximum atomic E-state index is 12.6. The van der Waals surface area contributed by atoms with E-state index in [0.29, 0.717) is 12.1 Å². The average Bonchev–Trinajstić information content (AvgIpc) is 2.38. The molecule has 0 aliphatic heterocycles. The van der Waals surface area contributed by atoms with Crippen molar-refractivity contribution in [2.24, 2.45) is 0 Å². The van der Waals surface area contributed by atoms with Crippen LogP contribution in [0.25, 0.3) is 0 Å². The summed E-state index contributed by atoms with van der Waals surface area (Å²) in [7, 11) is 0. The minimum atomic E-state index is -4.38. The van der Waals surface area contributed by atoms with Gasteiger partial charge in [-0.05, 0) is 24.6 Å². The zero-order chi connectivity index (χ0) is 15.2. The number of benzene rings is 1. The molecule has 0 aliphatic carbocycles. The Balaban J connectivity index is 2.65. The summed E-state index contributed by atoms with van der Waals surface area (Å²) in [4.78, 5) is 11.6. The Labute approximate surface area is 115 Å². The summed E-state index contributed by atoms with van der Waals surface area (Å²) in [5, 5.41) is 5.45. The van der Waals surface area contributed by atoms with Gasteiger partial charge in [-0.3, -0.25) is 4.79 Å². The van der Waals surface area contributed by atoms with Gasteiger partial charge in [0.1, 0.15) is 0 Å². The van der Waals surface area contributed by atoms with Gasteiger partial charge in [-0.1, -0.05) is 18.2 Å². The molecule has 0 aliphatic rings. The fraction of sp³-hybridized carbons (Fsp3) is 0.357. The quantitative estimate of drug-likeness (QED) is 0.623. The third-order valence-electron chi connectivity index (χ3n) is 2.67. The van der Waals surface area contributed by atoms with E-state index in [1.165, 1.54) is 6.07 Å².